The number of nitrogens with one attached hydrogen (secondary N) is 1. The van der Waals surface area contributed by atoms with Gasteiger partial charge in [-0.3, -0.25) is 14.2 Å². The molecule has 1 amide bonds. The van der Waals surface area contributed by atoms with Gasteiger partial charge in [0.15, 0.2) is 11.6 Å². The van der Waals surface area contributed by atoms with E-state index in [1.165, 1.54) is 30.1 Å². The SMILES string of the molecule is COc1ccc([C@@H](C)NC(=O)CCn2cnc3ccccc3c2=O)cc1F. The van der Waals surface area contributed by atoms with Crippen molar-refractivity contribution < 1.29 is 13.9 Å². The van der Waals surface area contributed by atoms with E-state index in [1.54, 1.807) is 31.2 Å². The van der Waals surface area contributed by atoms with Gasteiger partial charge in [0.05, 0.1) is 30.4 Å². The van der Waals surface area contributed by atoms with Crippen LogP contribution in [0.1, 0.15) is 24.9 Å². The molecule has 140 valence electrons. The number of carbonyl (C=O) groups excluding carboxylic acids is 1. The van der Waals surface area contributed by atoms with Crippen molar-refractivity contribution in [2.24, 2.45) is 0 Å². The minimum atomic E-state index is -0.482. The zero-order chi connectivity index (χ0) is 19.4. The maximum Gasteiger partial charge on any atom is 0.261 e. The molecule has 0 saturated heterocycles. The van der Waals surface area contributed by atoms with Crippen molar-refractivity contribution in [3.05, 3.63) is 70.5 Å². The van der Waals surface area contributed by atoms with Crippen molar-refractivity contribution >= 4 is 16.8 Å². The third-order valence-electron chi connectivity index (χ3n) is 4.36. The zero-order valence-corrected chi connectivity index (χ0v) is 15.1. The van der Waals surface area contributed by atoms with Crippen LogP contribution in [0.2, 0.25) is 0 Å². The number of fused-ring (bicyclic) bond motifs is 1. The normalized spacial score (nSPS) is 12.0. The van der Waals surface area contributed by atoms with Crippen LogP contribution in [0.25, 0.3) is 10.9 Å². The molecule has 0 radical (unpaired) electrons. The van der Waals surface area contributed by atoms with Crippen molar-refractivity contribution in [3.63, 3.8) is 0 Å². The number of halogens is 1. The van der Waals surface area contributed by atoms with E-state index in [0.29, 0.717) is 16.5 Å². The molecule has 6 nitrogen and oxygen atoms in total. The minimum Gasteiger partial charge on any atom is -0.494 e. The molecule has 0 unspecified atom stereocenters. The Morgan fingerprint density at radius 1 is 1.30 bits per heavy atom. The molecule has 1 heterocycles. The molecule has 1 aromatic heterocycles. The summed E-state index contributed by atoms with van der Waals surface area (Å²) < 4.78 is 20.1. The van der Waals surface area contributed by atoms with Gasteiger partial charge in [0.25, 0.3) is 5.56 Å². The Bertz CT molecular complexity index is 1030. The number of methoxy groups -OCH3 is 1. The minimum absolute atomic E-state index is 0.114. The van der Waals surface area contributed by atoms with Gasteiger partial charge in [-0.25, -0.2) is 9.37 Å². The third-order valence-corrected chi connectivity index (χ3v) is 4.36. The highest BCUT2D eigenvalue weighted by Gasteiger charge is 2.13. The highest BCUT2D eigenvalue weighted by molar-refractivity contribution is 5.77. The topological polar surface area (TPSA) is 73.2 Å². The molecular weight excluding hydrogens is 349 g/mol. The highest BCUT2D eigenvalue weighted by atomic mass is 19.1. The highest BCUT2D eigenvalue weighted by Crippen LogP contribution is 2.21. The molecule has 0 aliphatic rings. The van der Waals surface area contributed by atoms with Crippen molar-refractivity contribution in [1.29, 1.82) is 0 Å². The average molecular weight is 369 g/mol. The molecule has 0 bridgehead atoms. The number of amides is 1. The van der Waals surface area contributed by atoms with Crippen LogP contribution >= 0.6 is 0 Å². The first-order valence-electron chi connectivity index (χ1n) is 8.56. The predicted molar refractivity (Wildman–Crippen MR) is 100 cm³/mol. The van der Waals surface area contributed by atoms with E-state index in [0.717, 1.165) is 0 Å². The van der Waals surface area contributed by atoms with Gasteiger partial charge in [-0.05, 0) is 36.8 Å². The Kier molecular flexibility index (Phi) is 5.49. The number of carbonyl (C=O) groups is 1. The van der Waals surface area contributed by atoms with E-state index < -0.39 is 5.82 Å². The van der Waals surface area contributed by atoms with E-state index in [1.807, 2.05) is 6.07 Å². The first-order valence-corrected chi connectivity index (χ1v) is 8.56. The summed E-state index contributed by atoms with van der Waals surface area (Å²) in [7, 11) is 1.40. The van der Waals surface area contributed by atoms with Crippen LogP contribution in [0.3, 0.4) is 0 Å². The van der Waals surface area contributed by atoms with Crippen LogP contribution in [0.15, 0.2) is 53.6 Å². The largest absolute Gasteiger partial charge is 0.494 e. The summed E-state index contributed by atoms with van der Waals surface area (Å²) in [5.41, 5.74) is 1.07. The molecule has 1 atom stereocenters. The second-order valence-corrected chi connectivity index (χ2v) is 6.19. The zero-order valence-electron chi connectivity index (χ0n) is 15.1. The Morgan fingerprint density at radius 3 is 2.81 bits per heavy atom. The molecule has 0 spiro atoms. The first kappa shape index (κ1) is 18.6. The van der Waals surface area contributed by atoms with Gasteiger partial charge < -0.3 is 10.1 Å². The summed E-state index contributed by atoms with van der Waals surface area (Å²) in [6, 6.07) is 11.3. The molecule has 0 fully saturated rings. The summed E-state index contributed by atoms with van der Waals surface area (Å²) in [6.45, 7) is 1.98. The Labute approximate surface area is 155 Å². The number of benzene rings is 2. The molecule has 27 heavy (non-hydrogen) atoms. The van der Waals surface area contributed by atoms with E-state index in [9.17, 15) is 14.0 Å². The number of nitrogens with zero attached hydrogens (tertiary/aromatic N) is 2. The van der Waals surface area contributed by atoms with Gasteiger partial charge in [-0.2, -0.15) is 0 Å². The lowest BCUT2D eigenvalue weighted by atomic mass is 10.1. The van der Waals surface area contributed by atoms with Gasteiger partial charge in [-0.1, -0.05) is 18.2 Å². The second-order valence-electron chi connectivity index (χ2n) is 6.19. The Morgan fingerprint density at radius 2 is 2.07 bits per heavy atom. The lowest BCUT2D eigenvalue weighted by Gasteiger charge is -2.15. The predicted octanol–water partition coefficient (Wildman–Crippen LogP) is 2.81. The maximum absolute atomic E-state index is 13.8. The van der Waals surface area contributed by atoms with Gasteiger partial charge >= 0.3 is 0 Å². The Balaban J connectivity index is 1.63. The van der Waals surface area contributed by atoms with E-state index in [-0.39, 0.29) is 36.2 Å². The second kappa shape index (κ2) is 7.99. The third kappa shape index (κ3) is 4.13. The van der Waals surface area contributed by atoms with E-state index in [4.69, 9.17) is 4.74 Å². The van der Waals surface area contributed by atoms with Crippen LogP contribution < -0.4 is 15.6 Å². The van der Waals surface area contributed by atoms with Crippen LogP contribution in [0.4, 0.5) is 4.39 Å². The fourth-order valence-electron chi connectivity index (χ4n) is 2.84. The molecular formula is C20H20FN3O3. The molecule has 2 aromatic carbocycles. The summed E-state index contributed by atoms with van der Waals surface area (Å²) in [4.78, 5) is 28.9. The Hall–Kier alpha value is -3.22. The summed E-state index contributed by atoms with van der Waals surface area (Å²) in [5.74, 6) is -0.566. The number of hydrogen-bond acceptors (Lipinski definition) is 4. The lowest BCUT2D eigenvalue weighted by Crippen LogP contribution is -2.29. The average Bonchev–Trinajstić information content (AvgIpc) is 2.67. The number of hydrogen-bond donors (Lipinski definition) is 1. The van der Waals surface area contributed by atoms with Gasteiger partial charge in [0.1, 0.15) is 0 Å². The van der Waals surface area contributed by atoms with Crippen LogP contribution in [-0.4, -0.2) is 22.6 Å². The van der Waals surface area contributed by atoms with Crippen molar-refractivity contribution in [2.75, 3.05) is 7.11 Å². The van der Waals surface area contributed by atoms with Crippen LogP contribution in [0, 0.1) is 5.82 Å². The summed E-state index contributed by atoms with van der Waals surface area (Å²) in [5, 5.41) is 3.32. The van der Waals surface area contributed by atoms with Gasteiger partial charge in [-0.15, -0.1) is 0 Å². The fourth-order valence-corrected chi connectivity index (χ4v) is 2.84. The summed E-state index contributed by atoms with van der Waals surface area (Å²) in [6.07, 6.45) is 1.56. The number of para-hydroxylation sites is 1. The van der Waals surface area contributed by atoms with Crippen molar-refractivity contribution in [3.8, 4) is 5.75 Å². The molecule has 0 saturated carbocycles. The molecule has 3 aromatic rings. The number of aromatic nitrogens is 2. The molecule has 1 N–H and O–H groups in total. The van der Waals surface area contributed by atoms with E-state index >= 15 is 0 Å². The number of aryl methyl sites for hydroxylation is 1. The standard InChI is InChI=1S/C20H20FN3O3/c1-13(14-7-8-18(27-2)16(21)11-14)23-19(25)9-10-24-12-22-17-6-4-3-5-15(17)20(24)26/h3-8,11-13H,9-10H2,1-2H3,(H,23,25)/t13-/m1/s1. The molecule has 3 rings (SSSR count). The van der Waals surface area contributed by atoms with E-state index in [2.05, 4.69) is 10.3 Å². The molecule has 7 heteroatoms. The number of ether oxygens (including phenoxy) is 1. The van der Waals surface area contributed by atoms with Gasteiger partial charge in [0.2, 0.25) is 5.91 Å². The van der Waals surface area contributed by atoms with Crippen molar-refractivity contribution in [2.45, 2.75) is 25.9 Å². The quantitative estimate of drug-likeness (QED) is 0.725. The van der Waals surface area contributed by atoms with Crippen LogP contribution in [0.5, 0.6) is 5.75 Å². The smallest absolute Gasteiger partial charge is 0.261 e. The fraction of sp³-hybridized carbons (Fsp3) is 0.250. The maximum atomic E-state index is 13.8. The molecule has 0 aliphatic carbocycles. The van der Waals surface area contributed by atoms with Crippen LogP contribution in [-0.2, 0) is 11.3 Å². The van der Waals surface area contributed by atoms with Crippen molar-refractivity contribution in [1.82, 2.24) is 14.9 Å². The number of rotatable bonds is 6. The molecule has 0 aliphatic heterocycles. The van der Waals surface area contributed by atoms with Gasteiger partial charge in [0, 0.05) is 13.0 Å². The lowest BCUT2D eigenvalue weighted by molar-refractivity contribution is -0.121. The summed E-state index contributed by atoms with van der Waals surface area (Å²) >= 11 is 0. The first-order chi connectivity index (χ1) is 13.0. The monoisotopic (exact) mass is 369 g/mol.